The molecule has 0 amide bonds. The molecule has 1 aromatic heterocycles. The molecule has 7 nitrogen and oxygen atoms in total. The van der Waals surface area contributed by atoms with E-state index < -0.39 is 0 Å². The minimum atomic E-state index is 0.269. The third-order valence-corrected chi connectivity index (χ3v) is 2.35. The fourth-order valence-electron chi connectivity index (χ4n) is 1.51. The van der Waals surface area contributed by atoms with Crippen molar-refractivity contribution < 1.29 is 9.47 Å². The van der Waals surface area contributed by atoms with Gasteiger partial charge in [0.15, 0.2) is 11.5 Å². The standard InChI is InChI=1S/C11H11N5O2/c1-2-9-10(18-7-17-9)5-8(1)14-16-15-11-3-4-12-6-13-11/h1-6,14,16H,7H2,(H,12,13,15). The number of nitrogens with zero attached hydrogens (tertiary/aromatic N) is 2. The molecule has 3 N–H and O–H groups in total. The van der Waals surface area contributed by atoms with Gasteiger partial charge in [-0.15, -0.1) is 5.53 Å². The molecule has 1 aromatic carbocycles. The molecule has 92 valence electrons. The van der Waals surface area contributed by atoms with Gasteiger partial charge in [0.05, 0.1) is 5.69 Å². The Balaban J connectivity index is 1.57. The largest absolute Gasteiger partial charge is 0.454 e. The normalized spacial score (nSPS) is 12.2. The fraction of sp³-hybridized carbons (Fsp3) is 0.0909. The van der Waals surface area contributed by atoms with Crippen molar-refractivity contribution in [3.63, 3.8) is 0 Å². The number of hydrazine groups is 2. The topological polar surface area (TPSA) is 80.3 Å². The van der Waals surface area contributed by atoms with Crippen LogP contribution >= 0.6 is 0 Å². The van der Waals surface area contributed by atoms with E-state index in [2.05, 4.69) is 26.4 Å². The summed E-state index contributed by atoms with van der Waals surface area (Å²) in [4.78, 5) is 7.82. The smallest absolute Gasteiger partial charge is 0.231 e. The highest BCUT2D eigenvalue weighted by Gasteiger charge is 2.12. The molecule has 0 saturated carbocycles. The van der Waals surface area contributed by atoms with Crippen LogP contribution in [0.1, 0.15) is 0 Å². The number of hydrogen-bond acceptors (Lipinski definition) is 7. The minimum absolute atomic E-state index is 0.269. The first-order valence-corrected chi connectivity index (χ1v) is 5.34. The molecule has 2 heterocycles. The van der Waals surface area contributed by atoms with E-state index in [0.29, 0.717) is 5.82 Å². The molecule has 0 unspecified atom stereocenters. The third-order valence-electron chi connectivity index (χ3n) is 2.35. The Labute approximate surface area is 103 Å². The van der Waals surface area contributed by atoms with E-state index >= 15 is 0 Å². The number of rotatable bonds is 4. The van der Waals surface area contributed by atoms with Gasteiger partial charge in [-0.3, -0.25) is 5.43 Å². The van der Waals surface area contributed by atoms with Gasteiger partial charge in [0.25, 0.3) is 0 Å². The van der Waals surface area contributed by atoms with Crippen LogP contribution < -0.4 is 25.9 Å². The summed E-state index contributed by atoms with van der Waals surface area (Å²) in [6, 6.07) is 7.31. The van der Waals surface area contributed by atoms with Gasteiger partial charge in [0.2, 0.25) is 6.79 Å². The van der Waals surface area contributed by atoms with Crippen molar-refractivity contribution in [3.05, 3.63) is 36.8 Å². The number of nitrogens with one attached hydrogen (secondary N) is 3. The Hall–Kier alpha value is -2.54. The monoisotopic (exact) mass is 245 g/mol. The van der Waals surface area contributed by atoms with Crippen LogP contribution in [0.15, 0.2) is 36.8 Å². The van der Waals surface area contributed by atoms with Crippen LogP contribution in [-0.4, -0.2) is 16.8 Å². The summed E-state index contributed by atoms with van der Waals surface area (Å²) in [5, 5.41) is 0. The molecule has 0 atom stereocenters. The fourth-order valence-corrected chi connectivity index (χ4v) is 1.51. The maximum Gasteiger partial charge on any atom is 0.231 e. The Bertz CT molecular complexity index is 534. The SMILES string of the molecule is c1cc(NNNc2ccc3c(c2)OCO3)ncn1. The molecule has 1 aliphatic heterocycles. The van der Waals surface area contributed by atoms with Crippen molar-refractivity contribution >= 4 is 11.5 Å². The highest BCUT2D eigenvalue weighted by atomic mass is 16.7. The van der Waals surface area contributed by atoms with Crippen LogP contribution in [0, 0.1) is 0 Å². The van der Waals surface area contributed by atoms with Crippen LogP contribution in [0.3, 0.4) is 0 Å². The second-order valence-electron chi connectivity index (χ2n) is 3.54. The van der Waals surface area contributed by atoms with Gasteiger partial charge in [-0.05, 0) is 12.1 Å². The quantitative estimate of drug-likeness (QED) is 0.697. The maximum atomic E-state index is 5.27. The molecule has 3 rings (SSSR count). The Kier molecular flexibility index (Phi) is 2.80. The summed E-state index contributed by atoms with van der Waals surface area (Å²) in [5.41, 5.74) is 9.51. The van der Waals surface area contributed by atoms with E-state index in [1.807, 2.05) is 18.2 Å². The van der Waals surface area contributed by atoms with Crippen LogP contribution in [0.4, 0.5) is 11.5 Å². The Morgan fingerprint density at radius 2 is 2.00 bits per heavy atom. The lowest BCUT2D eigenvalue weighted by molar-refractivity contribution is 0.174. The minimum Gasteiger partial charge on any atom is -0.454 e. The number of benzene rings is 1. The number of ether oxygens (including phenoxy) is 2. The van der Waals surface area contributed by atoms with Crippen molar-refractivity contribution in [2.45, 2.75) is 0 Å². The van der Waals surface area contributed by atoms with Gasteiger partial charge in [0.1, 0.15) is 12.1 Å². The average Bonchev–Trinajstić information content (AvgIpc) is 2.87. The molecular weight excluding hydrogens is 234 g/mol. The van der Waals surface area contributed by atoms with Crippen LogP contribution in [0.2, 0.25) is 0 Å². The predicted molar refractivity (Wildman–Crippen MR) is 65.0 cm³/mol. The molecule has 0 aliphatic carbocycles. The molecule has 7 heteroatoms. The zero-order valence-electron chi connectivity index (χ0n) is 9.38. The van der Waals surface area contributed by atoms with Gasteiger partial charge in [-0.25, -0.2) is 9.97 Å². The highest BCUT2D eigenvalue weighted by Crippen LogP contribution is 2.33. The number of aromatic nitrogens is 2. The Morgan fingerprint density at radius 3 is 2.89 bits per heavy atom. The van der Waals surface area contributed by atoms with Crippen molar-refractivity contribution in [2.24, 2.45) is 0 Å². The molecule has 0 spiro atoms. The number of anilines is 2. The van der Waals surface area contributed by atoms with E-state index in [1.165, 1.54) is 6.33 Å². The first kappa shape index (κ1) is 10.6. The summed E-state index contributed by atoms with van der Waals surface area (Å²) < 4.78 is 10.5. The van der Waals surface area contributed by atoms with Crippen LogP contribution in [-0.2, 0) is 0 Å². The molecule has 2 aromatic rings. The second-order valence-corrected chi connectivity index (χ2v) is 3.54. The van der Waals surface area contributed by atoms with Crippen LogP contribution in [0.5, 0.6) is 11.5 Å². The van der Waals surface area contributed by atoms with Gasteiger partial charge in [-0.2, -0.15) is 0 Å². The van der Waals surface area contributed by atoms with E-state index in [9.17, 15) is 0 Å². The lowest BCUT2D eigenvalue weighted by Gasteiger charge is -2.10. The summed E-state index contributed by atoms with van der Waals surface area (Å²) in [7, 11) is 0. The number of hydrogen-bond donors (Lipinski definition) is 3. The molecule has 0 saturated heterocycles. The highest BCUT2D eigenvalue weighted by molar-refractivity contribution is 5.55. The van der Waals surface area contributed by atoms with Crippen molar-refractivity contribution in [3.8, 4) is 11.5 Å². The second kappa shape index (κ2) is 4.76. The molecule has 1 aliphatic rings. The molecule has 18 heavy (non-hydrogen) atoms. The zero-order chi connectivity index (χ0) is 12.2. The molecule has 0 bridgehead atoms. The van der Waals surface area contributed by atoms with Gasteiger partial charge >= 0.3 is 0 Å². The summed E-state index contributed by atoms with van der Waals surface area (Å²) >= 11 is 0. The van der Waals surface area contributed by atoms with E-state index in [-0.39, 0.29) is 6.79 Å². The lowest BCUT2D eigenvalue weighted by atomic mass is 10.3. The molecule has 0 fully saturated rings. The summed E-state index contributed by atoms with van der Waals surface area (Å²) in [5.74, 6) is 2.14. The van der Waals surface area contributed by atoms with Crippen molar-refractivity contribution in [1.82, 2.24) is 15.5 Å². The van der Waals surface area contributed by atoms with Crippen molar-refractivity contribution in [1.29, 1.82) is 0 Å². The number of fused-ring (bicyclic) bond motifs is 1. The van der Waals surface area contributed by atoms with E-state index in [0.717, 1.165) is 17.2 Å². The first-order chi connectivity index (χ1) is 8.92. The zero-order valence-corrected chi connectivity index (χ0v) is 9.38. The predicted octanol–water partition coefficient (Wildman–Crippen LogP) is 1.15. The van der Waals surface area contributed by atoms with E-state index in [1.54, 1.807) is 12.3 Å². The summed E-state index contributed by atoms with van der Waals surface area (Å²) in [6.45, 7) is 0.269. The maximum absolute atomic E-state index is 5.27. The first-order valence-electron chi connectivity index (χ1n) is 5.34. The van der Waals surface area contributed by atoms with Gasteiger partial charge in [-0.1, -0.05) is 0 Å². The van der Waals surface area contributed by atoms with Crippen LogP contribution in [0.25, 0.3) is 0 Å². The molecular formula is C11H11N5O2. The lowest BCUT2D eigenvalue weighted by Crippen LogP contribution is -2.28. The average molecular weight is 245 g/mol. The van der Waals surface area contributed by atoms with E-state index in [4.69, 9.17) is 9.47 Å². The third kappa shape index (κ3) is 2.25. The van der Waals surface area contributed by atoms with Gasteiger partial charge < -0.3 is 14.9 Å². The van der Waals surface area contributed by atoms with Crippen molar-refractivity contribution in [2.75, 3.05) is 17.6 Å². The Morgan fingerprint density at radius 1 is 1.06 bits per heavy atom. The molecule has 0 radical (unpaired) electrons. The van der Waals surface area contributed by atoms with Gasteiger partial charge in [0, 0.05) is 18.3 Å². The summed E-state index contributed by atoms with van der Waals surface area (Å²) in [6.07, 6.45) is 3.11.